The van der Waals surface area contributed by atoms with Crippen molar-refractivity contribution in [1.29, 1.82) is 0 Å². The lowest BCUT2D eigenvalue weighted by Crippen LogP contribution is -2.89. The summed E-state index contributed by atoms with van der Waals surface area (Å²) in [6.45, 7) is 0. The maximum absolute atomic E-state index is 13.3. The fourth-order valence-electron chi connectivity index (χ4n) is 3.14. The van der Waals surface area contributed by atoms with Crippen molar-refractivity contribution in [2.75, 3.05) is 0 Å². The summed E-state index contributed by atoms with van der Waals surface area (Å²) in [5, 5.41) is 42.5. The highest BCUT2D eigenvalue weighted by atomic mass is 79.9. The van der Waals surface area contributed by atoms with Gasteiger partial charge in [0.25, 0.3) is 15.2 Å². The molecule has 1 aliphatic rings. The van der Waals surface area contributed by atoms with Gasteiger partial charge in [0.05, 0.1) is 0 Å². The standard InChI is InChI=1S/C14H7BrCl12O9/c15-7-9(34,5(31)13(22,23)24)10(35,6(32)14(25,26)27)8(33,4(30)12(19,20)21)3(36-7)1(28)2(29)11(16,17)18/h1,3,7,28,33-35H/t1?,3-,7-,8+,9+,10+/m1/s1. The minimum absolute atomic E-state index is 1.87. The van der Waals surface area contributed by atoms with Gasteiger partial charge in [-0.3, -0.25) is 19.2 Å². The summed E-state index contributed by atoms with van der Waals surface area (Å²) < 4.78 is -8.09. The number of ketones is 4. The molecule has 1 aliphatic heterocycles. The lowest BCUT2D eigenvalue weighted by molar-refractivity contribution is -0.311. The number of Topliss-reactive ketones (excluding diaryl/α,β-unsaturated/α-hetero) is 4. The molecule has 0 aromatic rings. The minimum atomic E-state index is -4.57. The van der Waals surface area contributed by atoms with Gasteiger partial charge in [0, 0.05) is 0 Å². The number of hydrogen-bond donors (Lipinski definition) is 4. The van der Waals surface area contributed by atoms with Gasteiger partial charge < -0.3 is 25.2 Å². The maximum atomic E-state index is 13.3. The Balaban J connectivity index is 4.35. The largest absolute Gasteiger partial charge is 0.382 e. The SMILES string of the molecule is O=C(C(O)[C@H]1O[C@@H](Br)[C@@](O)(C(=O)C(Cl)(Cl)Cl)[C@](O)(C(=O)C(Cl)(Cl)Cl)[C@@]1(O)C(=O)C(Cl)(Cl)Cl)C(Cl)(Cl)Cl. The average molecular weight is 825 g/mol. The van der Waals surface area contributed by atoms with Crippen molar-refractivity contribution in [3.8, 4) is 0 Å². The van der Waals surface area contributed by atoms with Crippen LogP contribution in [0.2, 0.25) is 0 Å². The minimum Gasteiger partial charge on any atom is -0.382 e. The Labute approximate surface area is 269 Å². The molecule has 0 aliphatic carbocycles. The molecule has 1 fully saturated rings. The maximum Gasteiger partial charge on any atom is 0.252 e. The number of alkyl halides is 13. The second kappa shape index (κ2) is 11.3. The van der Waals surface area contributed by atoms with Crippen LogP contribution >= 0.6 is 155 Å². The first-order valence-corrected chi connectivity index (χ1v) is 13.6. The van der Waals surface area contributed by atoms with Crippen molar-refractivity contribution in [3.05, 3.63) is 0 Å². The molecule has 1 unspecified atom stereocenters. The average Bonchev–Trinajstić information content (AvgIpc) is 2.69. The number of aliphatic hydroxyl groups excluding tert-OH is 1. The monoisotopic (exact) mass is 818 g/mol. The molecule has 4 N–H and O–H groups in total. The number of carbonyl (C=O) groups is 4. The number of ether oxygens (including phenoxy) is 1. The van der Waals surface area contributed by atoms with Gasteiger partial charge in [0.15, 0.2) is 10.6 Å². The van der Waals surface area contributed by atoms with E-state index in [1.807, 2.05) is 0 Å². The zero-order valence-electron chi connectivity index (χ0n) is 16.0. The van der Waals surface area contributed by atoms with Crippen LogP contribution in [-0.4, -0.2) is 92.8 Å². The van der Waals surface area contributed by atoms with Crippen molar-refractivity contribution >= 4 is 178 Å². The summed E-state index contributed by atoms with van der Waals surface area (Å²) in [5.41, 5.74) is -13.1. The molecule has 0 spiro atoms. The van der Waals surface area contributed by atoms with Crippen LogP contribution in [0.15, 0.2) is 0 Å². The normalized spacial score (nSPS) is 33.1. The molecule has 0 amide bonds. The first-order valence-electron chi connectivity index (χ1n) is 8.15. The van der Waals surface area contributed by atoms with Crippen LogP contribution in [0.1, 0.15) is 0 Å². The predicted molar refractivity (Wildman–Crippen MR) is 140 cm³/mol. The summed E-state index contributed by atoms with van der Waals surface area (Å²) >= 11 is 68.6. The van der Waals surface area contributed by atoms with Crippen molar-refractivity contribution in [2.45, 2.75) is 49.2 Å². The second-order valence-electron chi connectivity index (χ2n) is 6.90. The molecular formula is C14H7BrCl12O9. The smallest absolute Gasteiger partial charge is 0.252 e. The Morgan fingerprint density at radius 2 is 1.00 bits per heavy atom. The number of hydrogen-bond acceptors (Lipinski definition) is 9. The van der Waals surface area contributed by atoms with E-state index in [4.69, 9.17) is 144 Å². The number of rotatable bonds is 5. The molecule has 0 radical (unpaired) electrons. The highest BCUT2D eigenvalue weighted by Gasteiger charge is 2.85. The van der Waals surface area contributed by atoms with Crippen molar-refractivity contribution < 1.29 is 44.3 Å². The van der Waals surface area contributed by atoms with E-state index in [-0.39, 0.29) is 0 Å². The van der Waals surface area contributed by atoms with Gasteiger partial charge >= 0.3 is 0 Å². The fourth-order valence-corrected chi connectivity index (χ4v) is 5.52. The van der Waals surface area contributed by atoms with Crippen LogP contribution in [0.4, 0.5) is 0 Å². The highest BCUT2D eigenvalue weighted by molar-refractivity contribution is 9.09. The Hall–Kier alpha value is 2.44. The van der Waals surface area contributed by atoms with Gasteiger partial charge in [-0.25, -0.2) is 0 Å². The molecule has 0 aromatic carbocycles. The highest BCUT2D eigenvalue weighted by Crippen LogP contribution is 2.56. The summed E-state index contributed by atoms with van der Waals surface area (Å²) in [5.74, 6) is -8.81. The van der Waals surface area contributed by atoms with E-state index in [0.29, 0.717) is 0 Å². The molecule has 1 saturated heterocycles. The zero-order chi connectivity index (χ0) is 29.2. The topological polar surface area (TPSA) is 158 Å². The van der Waals surface area contributed by atoms with Crippen LogP contribution in [0.25, 0.3) is 0 Å². The van der Waals surface area contributed by atoms with E-state index >= 15 is 0 Å². The lowest BCUT2D eigenvalue weighted by atomic mass is 9.60. The number of aliphatic hydroxyl groups is 4. The van der Waals surface area contributed by atoms with Gasteiger partial charge in [-0.2, -0.15) is 0 Å². The zero-order valence-corrected chi connectivity index (χ0v) is 26.6. The van der Waals surface area contributed by atoms with Crippen molar-refractivity contribution in [3.63, 3.8) is 0 Å². The second-order valence-corrected chi connectivity index (χ2v) is 16.9. The van der Waals surface area contributed by atoms with E-state index in [9.17, 15) is 39.6 Å². The fraction of sp³-hybridized carbons (Fsp3) is 0.714. The van der Waals surface area contributed by atoms with Crippen LogP contribution in [0.3, 0.4) is 0 Å². The van der Waals surface area contributed by atoms with Gasteiger partial charge in [-0.05, 0) is 0 Å². The molecule has 1 rings (SSSR count). The van der Waals surface area contributed by atoms with Crippen LogP contribution < -0.4 is 0 Å². The molecule has 9 nitrogen and oxygen atoms in total. The van der Waals surface area contributed by atoms with E-state index in [0.717, 1.165) is 0 Å². The molecular weight excluding hydrogens is 817 g/mol. The van der Waals surface area contributed by atoms with Crippen molar-refractivity contribution in [2.24, 2.45) is 0 Å². The molecule has 6 atom stereocenters. The van der Waals surface area contributed by atoms with E-state index < -0.39 is 72.3 Å². The molecule has 36 heavy (non-hydrogen) atoms. The number of carbonyl (C=O) groups excluding carboxylic acids is 4. The first-order chi connectivity index (χ1) is 15.5. The van der Waals surface area contributed by atoms with Crippen LogP contribution in [0.5, 0.6) is 0 Å². The van der Waals surface area contributed by atoms with Crippen molar-refractivity contribution in [1.82, 2.24) is 0 Å². The van der Waals surface area contributed by atoms with Gasteiger partial charge in [-0.1, -0.05) is 155 Å². The van der Waals surface area contributed by atoms with E-state index in [2.05, 4.69) is 15.9 Å². The van der Waals surface area contributed by atoms with Gasteiger partial charge in [0.2, 0.25) is 34.3 Å². The predicted octanol–water partition coefficient (Wildman–Crippen LogP) is 3.42. The number of halogens is 13. The van der Waals surface area contributed by atoms with E-state index in [1.165, 1.54) is 0 Å². The lowest BCUT2D eigenvalue weighted by Gasteiger charge is -2.59. The summed E-state index contributed by atoms with van der Waals surface area (Å²) in [7, 11) is 0. The molecule has 0 aromatic heterocycles. The quantitative estimate of drug-likeness (QED) is 0.305. The third kappa shape index (κ3) is 6.13. The van der Waals surface area contributed by atoms with Crippen LogP contribution in [-0.2, 0) is 23.9 Å². The molecule has 1 heterocycles. The molecule has 0 bridgehead atoms. The van der Waals surface area contributed by atoms with E-state index in [1.54, 1.807) is 0 Å². The first kappa shape index (κ1) is 36.5. The van der Waals surface area contributed by atoms with Gasteiger partial charge in [-0.15, -0.1) is 0 Å². The third-order valence-corrected chi connectivity index (χ3v) is 7.72. The summed E-state index contributed by atoms with van der Waals surface area (Å²) in [4.78, 5) is 52.0. The summed E-state index contributed by atoms with van der Waals surface area (Å²) in [6, 6.07) is 0. The Kier molecular flexibility index (Phi) is 11.4. The van der Waals surface area contributed by atoms with Gasteiger partial charge in [0.1, 0.15) is 12.2 Å². The molecule has 208 valence electrons. The Morgan fingerprint density at radius 3 is 1.31 bits per heavy atom. The molecule has 0 saturated carbocycles. The third-order valence-electron chi connectivity index (χ3n) is 4.74. The summed E-state index contributed by atoms with van der Waals surface area (Å²) in [6.07, 6.45) is -6.04. The Bertz CT molecular complexity index is 957. The Morgan fingerprint density at radius 1 is 0.667 bits per heavy atom. The van der Waals surface area contributed by atoms with Crippen LogP contribution in [0, 0.1) is 0 Å². The molecule has 22 heteroatoms.